The maximum atomic E-state index is 15.2. The lowest BCUT2D eigenvalue weighted by molar-refractivity contribution is 0.0989. The van der Waals surface area contributed by atoms with E-state index in [9.17, 15) is 14.0 Å². The molecule has 0 aliphatic rings. The van der Waals surface area contributed by atoms with E-state index in [0.717, 1.165) is 0 Å². The molecule has 5 aromatic rings. The molecule has 0 saturated carbocycles. The topological polar surface area (TPSA) is 94.2 Å². The van der Waals surface area contributed by atoms with Gasteiger partial charge in [0.05, 0.1) is 24.4 Å². The molecule has 0 unspecified atom stereocenters. The predicted octanol–water partition coefficient (Wildman–Crippen LogP) is 6.69. The fourth-order valence-corrected chi connectivity index (χ4v) is 4.84. The van der Waals surface area contributed by atoms with Gasteiger partial charge in [-0.3, -0.25) is 14.6 Å². The zero-order valence-electron chi connectivity index (χ0n) is 22.9. The second-order valence-corrected chi connectivity index (χ2v) is 9.64. The van der Waals surface area contributed by atoms with Gasteiger partial charge in [0.2, 0.25) is 17.0 Å². The number of ether oxygens (including phenoxy) is 2. The summed E-state index contributed by atoms with van der Waals surface area (Å²) >= 11 is 0. The molecular weight excluding hydrogens is 554 g/mol. The Morgan fingerprint density at radius 1 is 0.952 bits per heavy atom. The molecule has 0 aliphatic heterocycles. The second kappa shape index (κ2) is 11.1. The number of hydrogen-bond donors (Lipinski definition) is 1. The number of methoxy groups -OCH3 is 1. The number of pyridine rings is 3. The van der Waals surface area contributed by atoms with Crippen LogP contribution in [-0.2, 0) is 6.42 Å². The highest BCUT2D eigenvalue weighted by Crippen LogP contribution is 2.34. The number of carbonyl (C=O) groups is 1. The molecule has 5 rings (SSSR count). The van der Waals surface area contributed by atoms with Crippen LogP contribution in [0.15, 0.2) is 53.6 Å². The van der Waals surface area contributed by atoms with E-state index >= 15 is 13.2 Å². The fraction of sp³-hybridized carbons (Fsp3) is 0.161. The standard InChI is InChI=1S/C31H23F4N3O4/c1-14-9-18(32)5-6-20(14)25-15(2)38-16(3)26(30(25)40)23(39)11-17-10-21(33)31(28(35)27(17)34)42-24-7-8-36-22-12-19(41-4)13-37-29(22)24/h5-10,12-13H,11H2,1-4H3,(H,38,40). The summed E-state index contributed by atoms with van der Waals surface area (Å²) in [6.45, 7) is 4.73. The molecule has 11 heteroatoms. The summed E-state index contributed by atoms with van der Waals surface area (Å²) in [6.07, 6.45) is 1.87. The first kappa shape index (κ1) is 28.5. The van der Waals surface area contributed by atoms with Crippen molar-refractivity contribution in [2.75, 3.05) is 7.11 Å². The van der Waals surface area contributed by atoms with Crippen molar-refractivity contribution < 1.29 is 31.8 Å². The number of Topliss-reactive ketones (excluding diaryl/α,β-unsaturated/α-hetero) is 1. The number of benzene rings is 2. The monoisotopic (exact) mass is 577 g/mol. The molecule has 42 heavy (non-hydrogen) atoms. The summed E-state index contributed by atoms with van der Waals surface area (Å²) in [5.41, 5.74) is 0.525. The fourth-order valence-electron chi connectivity index (χ4n) is 4.84. The molecule has 0 spiro atoms. The molecule has 214 valence electrons. The maximum Gasteiger partial charge on any atom is 0.204 e. The van der Waals surface area contributed by atoms with Gasteiger partial charge in [0.25, 0.3) is 0 Å². The summed E-state index contributed by atoms with van der Waals surface area (Å²) in [5.74, 6) is -6.52. The highest BCUT2D eigenvalue weighted by molar-refractivity contribution is 5.99. The van der Waals surface area contributed by atoms with Crippen LogP contribution >= 0.6 is 0 Å². The van der Waals surface area contributed by atoms with Gasteiger partial charge in [-0.25, -0.2) is 18.2 Å². The summed E-state index contributed by atoms with van der Waals surface area (Å²) in [5, 5.41) is 0. The number of hydrogen-bond acceptors (Lipinski definition) is 6. The molecule has 1 N–H and O–H groups in total. The molecule has 0 saturated heterocycles. The summed E-state index contributed by atoms with van der Waals surface area (Å²) in [4.78, 5) is 38.0. The molecule has 0 atom stereocenters. The van der Waals surface area contributed by atoms with Crippen LogP contribution in [0.25, 0.3) is 22.2 Å². The first-order chi connectivity index (χ1) is 20.0. The third-order valence-corrected chi connectivity index (χ3v) is 6.82. The Hall–Kier alpha value is -5.06. The molecule has 0 amide bonds. The minimum Gasteiger partial charge on any atom is -0.495 e. The van der Waals surface area contributed by atoms with E-state index in [1.165, 1.54) is 56.8 Å². The van der Waals surface area contributed by atoms with Crippen molar-refractivity contribution >= 4 is 16.8 Å². The number of aromatic nitrogens is 3. The Kier molecular flexibility index (Phi) is 7.51. The van der Waals surface area contributed by atoms with E-state index in [1.807, 2.05) is 0 Å². The van der Waals surface area contributed by atoms with Crippen molar-refractivity contribution in [3.63, 3.8) is 0 Å². The van der Waals surface area contributed by atoms with Crippen molar-refractivity contribution in [3.8, 4) is 28.4 Å². The SMILES string of the molecule is COc1cnc2c(Oc3c(F)cc(CC(=O)c4c(C)[nH]c(C)c(-c5ccc(F)cc5C)c4=O)c(F)c3F)ccnc2c1. The number of nitrogens with one attached hydrogen (secondary N) is 1. The van der Waals surface area contributed by atoms with Crippen LogP contribution < -0.4 is 14.9 Å². The van der Waals surface area contributed by atoms with Crippen molar-refractivity contribution in [1.82, 2.24) is 15.0 Å². The number of nitrogens with zero attached hydrogens (tertiary/aromatic N) is 2. The molecule has 0 radical (unpaired) electrons. The van der Waals surface area contributed by atoms with Gasteiger partial charge in [-0.15, -0.1) is 0 Å². The minimum absolute atomic E-state index is 0.0888. The zero-order valence-corrected chi connectivity index (χ0v) is 22.9. The number of ketones is 1. The number of halogens is 4. The van der Waals surface area contributed by atoms with Crippen LogP contribution in [0.5, 0.6) is 17.2 Å². The van der Waals surface area contributed by atoms with Gasteiger partial charge in [0, 0.05) is 47.3 Å². The third kappa shape index (κ3) is 5.09. The van der Waals surface area contributed by atoms with Gasteiger partial charge >= 0.3 is 0 Å². The lowest BCUT2D eigenvalue weighted by Crippen LogP contribution is -2.23. The van der Waals surface area contributed by atoms with Gasteiger partial charge in [-0.05, 0) is 50.1 Å². The van der Waals surface area contributed by atoms with Crippen LogP contribution in [-0.4, -0.2) is 27.8 Å². The largest absolute Gasteiger partial charge is 0.495 e. The highest BCUT2D eigenvalue weighted by Gasteiger charge is 2.26. The van der Waals surface area contributed by atoms with Gasteiger partial charge in [0.15, 0.2) is 23.2 Å². The molecule has 2 aromatic carbocycles. The van der Waals surface area contributed by atoms with Crippen LogP contribution in [0.2, 0.25) is 0 Å². The number of rotatable bonds is 7. The van der Waals surface area contributed by atoms with Crippen LogP contribution in [0.4, 0.5) is 17.6 Å². The Morgan fingerprint density at radius 2 is 1.71 bits per heavy atom. The lowest BCUT2D eigenvalue weighted by atomic mass is 9.93. The number of carbonyl (C=O) groups excluding carboxylic acids is 1. The number of fused-ring (bicyclic) bond motifs is 1. The van der Waals surface area contributed by atoms with Crippen molar-refractivity contribution in [2.24, 2.45) is 0 Å². The second-order valence-electron chi connectivity index (χ2n) is 9.64. The number of H-pyrrole nitrogens is 1. The van der Waals surface area contributed by atoms with Crippen LogP contribution in [0.1, 0.15) is 32.9 Å². The molecule has 3 aromatic heterocycles. The molecule has 0 fully saturated rings. The third-order valence-electron chi connectivity index (χ3n) is 6.82. The Bertz CT molecular complexity index is 1960. The molecule has 7 nitrogen and oxygen atoms in total. The van der Waals surface area contributed by atoms with Crippen LogP contribution in [0, 0.1) is 44.0 Å². The molecular formula is C31H23F4N3O4. The van der Waals surface area contributed by atoms with E-state index in [-0.39, 0.29) is 28.1 Å². The molecule has 0 bridgehead atoms. The summed E-state index contributed by atoms with van der Waals surface area (Å²) < 4.78 is 69.6. The summed E-state index contributed by atoms with van der Waals surface area (Å²) in [7, 11) is 1.44. The van der Waals surface area contributed by atoms with E-state index in [2.05, 4.69) is 15.0 Å². The van der Waals surface area contributed by atoms with Crippen molar-refractivity contribution in [3.05, 3.63) is 110 Å². The maximum absolute atomic E-state index is 15.2. The molecule has 0 aliphatic carbocycles. The molecule has 3 heterocycles. The van der Waals surface area contributed by atoms with Gasteiger partial charge < -0.3 is 14.5 Å². The van der Waals surface area contributed by atoms with Gasteiger partial charge in [-0.2, -0.15) is 4.39 Å². The summed E-state index contributed by atoms with van der Waals surface area (Å²) in [6, 6.07) is 7.36. The first-order valence-corrected chi connectivity index (χ1v) is 12.7. The van der Waals surface area contributed by atoms with Crippen molar-refractivity contribution in [2.45, 2.75) is 27.2 Å². The van der Waals surface area contributed by atoms with Gasteiger partial charge in [0.1, 0.15) is 17.1 Å². The zero-order chi connectivity index (χ0) is 30.3. The number of aryl methyl sites for hydroxylation is 3. The predicted molar refractivity (Wildman–Crippen MR) is 147 cm³/mol. The average Bonchev–Trinajstić information content (AvgIpc) is 2.94. The van der Waals surface area contributed by atoms with Gasteiger partial charge in [-0.1, -0.05) is 6.07 Å². The van der Waals surface area contributed by atoms with Crippen LogP contribution in [0.3, 0.4) is 0 Å². The van der Waals surface area contributed by atoms with E-state index < -0.39 is 52.2 Å². The highest BCUT2D eigenvalue weighted by atomic mass is 19.2. The quantitative estimate of drug-likeness (QED) is 0.132. The smallest absolute Gasteiger partial charge is 0.204 e. The lowest BCUT2D eigenvalue weighted by Gasteiger charge is -2.14. The first-order valence-electron chi connectivity index (χ1n) is 12.7. The van der Waals surface area contributed by atoms with E-state index in [4.69, 9.17) is 9.47 Å². The Morgan fingerprint density at radius 3 is 2.43 bits per heavy atom. The Balaban J connectivity index is 1.50. The van der Waals surface area contributed by atoms with E-state index in [0.29, 0.717) is 34.2 Å². The minimum atomic E-state index is -1.66. The Labute approximate surface area is 236 Å². The normalized spacial score (nSPS) is 11.1. The average molecular weight is 578 g/mol. The number of aromatic amines is 1. The van der Waals surface area contributed by atoms with E-state index in [1.54, 1.807) is 13.8 Å². The van der Waals surface area contributed by atoms with Crippen molar-refractivity contribution in [1.29, 1.82) is 0 Å².